The molecule has 0 radical (unpaired) electrons. The Hall–Kier alpha value is -4.11. The van der Waals surface area contributed by atoms with Crippen molar-refractivity contribution in [3.63, 3.8) is 0 Å². The minimum atomic E-state index is -1.26. The first-order valence-electron chi connectivity index (χ1n) is 13.3. The van der Waals surface area contributed by atoms with E-state index >= 15 is 0 Å². The molecule has 0 amide bonds. The number of aryl methyl sites for hydroxylation is 1. The van der Waals surface area contributed by atoms with Gasteiger partial charge in [0.15, 0.2) is 0 Å². The average molecular weight is 534 g/mol. The lowest BCUT2D eigenvalue weighted by Crippen LogP contribution is -2.35. The number of likely N-dealkylation sites (tertiary alicyclic amines) is 1. The summed E-state index contributed by atoms with van der Waals surface area (Å²) in [6.07, 6.45) is 7.95. The summed E-state index contributed by atoms with van der Waals surface area (Å²) in [5, 5.41) is 25.3. The summed E-state index contributed by atoms with van der Waals surface area (Å²) >= 11 is 0. The number of ether oxygens (including phenoxy) is 1. The van der Waals surface area contributed by atoms with Crippen molar-refractivity contribution >= 4 is 11.9 Å². The largest absolute Gasteiger partial charge is 0.508 e. The lowest BCUT2D eigenvalue weighted by molar-refractivity contribution is -0.134. The van der Waals surface area contributed by atoms with Crippen molar-refractivity contribution in [3.8, 4) is 17.4 Å². The molecular weight excluding hydrogens is 498 g/mol. The molecule has 0 spiro atoms. The first-order valence-corrected chi connectivity index (χ1v) is 13.3. The predicted molar refractivity (Wildman–Crippen MR) is 146 cm³/mol. The summed E-state index contributed by atoms with van der Waals surface area (Å²) < 4.78 is 8.59. The number of hydrogen-bond acceptors (Lipinski definition) is 6. The van der Waals surface area contributed by atoms with Crippen molar-refractivity contribution in [3.05, 3.63) is 83.7 Å². The number of rotatable bonds is 8. The summed E-state index contributed by atoms with van der Waals surface area (Å²) in [5.41, 5.74) is 4.86. The van der Waals surface area contributed by atoms with Gasteiger partial charge in [0.1, 0.15) is 5.75 Å². The first kappa shape index (κ1) is 27.9. The Bertz CT molecular complexity index is 1260. The number of aliphatic carboxylic acids is 2. The quantitative estimate of drug-likeness (QED) is 0.363. The maximum Gasteiger partial charge on any atom is 0.328 e. The van der Waals surface area contributed by atoms with Crippen molar-refractivity contribution in [2.24, 2.45) is 5.92 Å². The van der Waals surface area contributed by atoms with E-state index in [1.165, 1.54) is 29.8 Å². The van der Waals surface area contributed by atoms with Crippen LogP contribution in [-0.4, -0.2) is 61.4 Å². The number of phenols is 1. The normalized spacial score (nSPS) is 15.8. The summed E-state index contributed by atoms with van der Waals surface area (Å²) in [7, 11) is 0. The van der Waals surface area contributed by atoms with E-state index < -0.39 is 11.9 Å². The number of benzene rings is 2. The maximum absolute atomic E-state index is 9.69. The number of imidazole rings is 1. The fraction of sp³-hybridized carbons (Fsp3) is 0.367. The van der Waals surface area contributed by atoms with Crippen molar-refractivity contribution < 1.29 is 29.6 Å². The van der Waals surface area contributed by atoms with Gasteiger partial charge in [-0.25, -0.2) is 9.59 Å². The number of aromatic hydroxyl groups is 1. The highest BCUT2D eigenvalue weighted by Gasteiger charge is 2.24. The first-order chi connectivity index (χ1) is 18.9. The maximum atomic E-state index is 9.69. The molecule has 0 saturated carbocycles. The van der Waals surface area contributed by atoms with Crippen molar-refractivity contribution in [2.45, 2.75) is 45.1 Å². The van der Waals surface area contributed by atoms with E-state index in [4.69, 9.17) is 19.9 Å². The van der Waals surface area contributed by atoms with Gasteiger partial charge in [-0.15, -0.1) is 0 Å². The molecule has 3 aromatic rings. The number of hydrogen-bond donors (Lipinski definition) is 3. The Morgan fingerprint density at radius 1 is 0.949 bits per heavy atom. The molecule has 9 heteroatoms. The zero-order valence-corrected chi connectivity index (χ0v) is 21.9. The Labute approximate surface area is 228 Å². The van der Waals surface area contributed by atoms with E-state index in [9.17, 15) is 14.7 Å². The number of phenolic OH excluding ortho intramolecular Hbond substituents is 1. The highest BCUT2D eigenvalue weighted by Crippen LogP contribution is 2.30. The zero-order chi connectivity index (χ0) is 27.6. The summed E-state index contributed by atoms with van der Waals surface area (Å²) in [5.74, 6) is -1.62. The minimum absolute atomic E-state index is 0.345. The van der Waals surface area contributed by atoms with E-state index in [2.05, 4.69) is 45.9 Å². The van der Waals surface area contributed by atoms with Gasteiger partial charge >= 0.3 is 17.9 Å². The number of carboxylic acid groups (broad SMARTS) is 2. The second-order valence-corrected chi connectivity index (χ2v) is 9.88. The Kier molecular flexibility index (Phi) is 9.74. The molecule has 1 aliphatic heterocycles. The van der Waals surface area contributed by atoms with Crippen LogP contribution in [0.4, 0.5) is 0 Å². The molecule has 0 bridgehead atoms. The topological polar surface area (TPSA) is 125 Å². The number of aromatic nitrogens is 2. The van der Waals surface area contributed by atoms with Crippen molar-refractivity contribution in [1.29, 1.82) is 0 Å². The van der Waals surface area contributed by atoms with E-state index in [-0.39, 0.29) is 0 Å². The Balaban J connectivity index is 0.000000386. The molecule has 1 saturated heterocycles. The fourth-order valence-corrected chi connectivity index (χ4v) is 5.02. The van der Waals surface area contributed by atoms with Crippen LogP contribution in [0.1, 0.15) is 42.6 Å². The summed E-state index contributed by atoms with van der Waals surface area (Å²) in [4.78, 5) is 26.5. The number of fused-ring (bicyclic) bond motifs is 1. The van der Waals surface area contributed by atoms with Gasteiger partial charge in [0.2, 0.25) is 0 Å². The number of carbonyl (C=O) groups is 2. The molecule has 2 aromatic carbocycles. The van der Waals surface area contributed by atoms with Gasteiger partial charge in [-0.3, -0.25) is 9.47 Å². The van der Waals surface area contributed by atoms with Gasteiger partial charge < -0.3 is 20.1 Å². The van der Waals surface area contributed by atoms with Crippen LogP contribution in [-0.2, 0) is 29.0 Å². The van der Waals surface area contributed by atoms with E-state index in [0.29, 0.717) is 23.8 Å². The van der Waals surface area contributed by atoms with Gasteiger partial charge in [0.25, 0.3) is 0 Å². The third-order valence-electron chi connectivity index (χ3n) is 6.96. The monoisotopic (exact) mass is 533 g/mol. The van der Waals surface area contributed by atoms with Gasteiger partial charge in [-0.1, -0.05) is 30.3 Å². The van der Waals surface area contributed by atoms with Gasteiger partial charge in [0, 0.05) is 24.4 Å². The molecule has 0 atom stereocenters. The number of piperidine rings is 1. The summed E-state index contributed by atoms with van der Waals surface area (Å²) in [6, 6.07) is 18.8. The van der Waals surface area contributed by atoms with E-state index in [1.54, 1.807) is 6.07 Å². The third kappa shape index (κ3) is 8.19. The van der Waals surface area contributed by atoms with Crippen LogP contribution in [0.3, 0.4) is 0 Å². The van der Waals surface area contributed by atoms with Crippen LogP contribution in [0.15, 0.2) is 66.7 Å². The molecule has 39 heavy (non-hydrogen) atoms. The molecule has 1 aliphatic carbocycles. The van der Waals surface area contributed by atoms with E-state index in [1.807, 2.05) is 12.1 Å². The molecule has 206 valence electrons. The second kappa shape index (κ2) is 13.6. The second-order valence-electron chi connectivity index (χ2n) is 9.88. The van der Waals surface area contributed by atoms with Crippen LogP contribution in [0.5, 0.6) is 11.8 Å². The molecule has 3 N–H and O–H groups in total. The standard InChI is InChI=1S/C26H31N3O2.C4H4O4/c30-23-10-6-7-21(17-23)18-28-15-13-20(14-16-28)19-31-26-27-24-11-4-5-12-25(24)29(26)22-8-2-1-3-9-22;5-3(6)1-2-4(7)8/h1-3,6-10,17,20,30H,4-5,11-16,18-19H2;1-2H,(H,5,6)(H,7,8). The molecule has 1 aromatic heterocycles. The third-order valence-corrected chi connectivity index (χ3v) is 6.96. The van der Waals surface area contributed by atoms with Crippen molar-refractivity contribution in [1.82, 2.24) is 14.5 Å². The van der Waals surface area contributed by atoms with Crippen LogP contribution in [0, 0.1) is 5.92 Å². The highest BCUT2D eigenvalue weighted by atomic mass is 16.5. The molecule has 9 nitrogen and oxygen atoms in total. The van der Waals surface area contributed by atoms with Crippen LogP contribution in [0.25, 0.3) is 5.69 Å². The fourth-order valence-electron chi connectivity index (χ4n) is 5.02. The smallest absolute Gasteiger partial charge is 0.328 e. The van der Waals surface area contributed by atoms with Gasteiger partial charge in [-0.2, -0.15) is 4.98 Å². The average Bonchev–Trinajstić information content (AvgIpc) is 3.31. The number of para-hydroxylation sites is 1. The van der Waals surface area contributed by atoms with Gasteiger partial charge in [-0.05, 0) is 87.4 Å². The molecule has 0 unspecified atom stereocenters. The lowest BCUT2D eigenvalue weighted by atomic mass is 9.97. The molecule has 5 rings (SSSR count). The SMILES string of the molecule is O=C(O)C=CC(=O)O.Oc1cccc(CN2CCC(COc3nc4c(n3-c3ccccc3)CCCC4)CC2)c1. The van der Waals surface area contributed by atoms with E-state index in [0.717, 1.165) is 63.6 Å². The van der Waals surface area contributed by atoms with Crippen LogP contribution in [0.2, 0.25) is 0 Å². The van der Waals surface area contributed by atoms with Crippen LogP contribution >= 0.6 is 0 Å². The highest BCUT2D eigenvalue weighted by molar-refractivity contribution is 5.89. The predicted octanol–water partition coefficient (Wildman–Crippen LogP) is 4.46. The van der Waals surface area contributed by atoms with Gasteiger partial charge in [0.05, 0.1) is 18.0 Å². The minimum Gasteiger partial charge on any atom is -0.508 e. The Morgan fingerprint density at radius 3 is 2.31 bits per heavy atom. The van der Waals surface area contributed by atoms with Crippen LogP contribution < -0.4 is 4.74 Å². The molecule has 1 fully saturated rings. The zero-order valence-electron chi connectivity index (χ0n) is 21.9. The molecule has 2 heterocycles. The Morgan fingerprint density at radius 2 is 1.64 bits per heavy atom. The lowest BCUT2D eigenvalue weighted by Gasteiger charge is -2.31. The molecular formula is C30H35N3O6. The number of carboxylic acids is 2. The molecule has 2 aliphatic rings. The van der Waals surface area contributed by atoms with Crippen molar-refractivity contribution in [2.75, 3.05) is 19.7 Å². The summed E-state index contributed by atoms with van der Waals surface area (Å²) in [6.45, 7) is 3.75. The number of nitrogens with zero attached hydrogens (tertiary/aromatic N) is 3.